The summed E-state index contributed by atoms with van der Waals surface area (Å²) < 4.78 is 57.6. The van der Waals surface area contributed by atoms with Gasteiger partial charge in [0.25, 0.3) is 10.2 Å². The molecule has 17 heavy (non-hydrogen) atoms. The first-order valence-electron chi connectivity index (χ1n) is 3.30. The third kappa shape index (κ3) is 10.1. The molecule has 0 aliphatic rings. The summed E-state index contributed by atoms with van der Waals surface area (Å²) in [5.41, 5.74) is 0. The molecule has 0 radical (unpaired) electrons. The van der Waals surface area contributed by atoms with Crippen molar-refractivity contribution in [3.8, 4) is 0 Å². The third-order valence-corrected chi connectivity index (χ3v) is 2.84. The zero-order valence-corrected chi connectivity index (χ0v) is 11.8. The molecular formula is C4H10MgO10S2. The van der Waals surface area contributed by atoms with Crippen LogP contribution in [0.25, 0.3) is 0 Å². The molecule has 13 heteroatoms. The van der Waals surface area contributed by atoms with Crippen LogP contribution < -0.4 is 0 Å². The number of hydrogen-bond acceptors (Lipinski definition) is 10. The SMILES string of the molecule is CC(O)(O)S(=O)(=O)[O-].CC(O)(O)S(=O)(=O)[O-].[Mg+2]. The van der Waals surface area contributed by atoms with Crippen molar-refractivity contribution in [2.24, 2.45) is 0 Å². The Labute approximate surface area is 114 Å². The van der Waals surface area contributed by atoms with E-state index in [-0.39, 0.29) is 23.1 Å². The van der Waals surface area contributed by atoms with E-state index in [9.17, 15) is 25.9 Å². The monoisotopic (exact) mass is 306 g/mol. The maximum Gasteiger partial charge on any atom is 2.00 e. The van der Waals surface area contributed by atoms with Crippen molar-refractivity contribution in [1.29, 1.82) is 0 Å². The summed E-state index contributed by atoms with van der Waals surface area (Å²) in [6, 6.07) is 0. The standard InChI is InChI=1S/2C2H6O5S.Mg/c2*1-2(3,4)8(5,6)7;/h2*3-4H,1H3,(H,5,6,7);/q;;+2/p-2. The van der Waals surface area contributed by atoms with Gasteiger partial charge in [-0.15, -0.1) is 0 Å². The quantitative estimate of drug-likeness (QED) is 0.221. The average molecular weight is 307 g/mol. The van der Waals surface area contributed by atoms with E-state index in [2.05, 4.69) is 0 Å². The fourth-order valence-corrected chi connectivity index (χ4v) is 0. The molecule has 0 amide bonds. The Kier molecular flexibility index (Phi) is 8.71. The summed E-state index contributed by atoms with van der Waals surface area (Å²) in [7, 11) is -9.96. The molecule has 0 saturated carbocycles. The van der Waals surface area contributed by atoms with Gasteiger partial charge in [0, 0.05) is 13.8 Å². The molecule has 0 aliphatic heterocycles. The first kappa shape index (κ1) is 22.6. The molecule has 0 aromatic carbocycles. The largest absolute Gasteiger partial charge is 2.00 e. The second-order valence-electron chi connectivity index (χ2n) is 2.78. The van der Waals surface area contributed by atoms with E-state index in [1.165, 1.54) is 0 Å². The van der Waals surface area contributed by atoms with Gasteiger partial charge in [0.15, 0.2) is 20.2 Å². The van der Waals surface area contributed by atoms with Crippen LogP contribution in [0, 0.1) is 0 Å². The van der Waals surface area contributed by atoms with Crippen LogP contribution >= 0.6 is 0 Å². The Morgan fingerprint density at radius 3 is 0.824 bits per heavy atom. The van der Waals surface area contributed by atoms with Gasteiger partial charge >= 0.3 is 23.1 Å². The molecule has 0 aliphatic carbocycles. The van der Waals surface area contributed by atoms with E-state index in [4.69, 9.17) is 20.4 Å². The fourth-order valence-electron chi connectivity index (χ4n) is 0. The minimum Gasteiger partial charge on any atom is -0.744 e. The molecule has 0 fully saturated rings. The molecule has 0 unspecified atom stereocenters. The molecule has 0 atom stereocenters. The fraction of sp³-hybridized carbons (Fsp3) is 1.00. The van der Waals surface area contributed by atoms with E-state index in [0.29, 0.717) is 13.8 Å². The van der Waals surface area contributed by atoms with E-state index in [0.717, 1.165) is 0 Å². The van der Waals surface area contributed by atoms with E-state index in [1.54, 1.807) is 0 Å². The molecule has 0 saturated heterocycles. The van der Waals surface area contributed by atoms with Crippen molar-refractivity contribution >= 4 is 43.3 Å². The maximum atomic E-state index is 9.60. The van der Waals surface area contributed by atoms with Gasteiger partial charge in [-0.3, -0.25) is 0 Å². The minimum atomic E-state index is -4.98. The molecular weight excluding hydrogens is 296 g/mol. The van der Waals surface area contributed by atoms with E-state index < -0.39 is 30.5 Å². The summed E-state index contributed by atoms with van der Waals surface area (Å²) in [6.07, 6.45) is 0. The Balaban J connectivity index is -0.000000218. The van der Waals surface area contributed by atoms with Crippen molar-refractivity contribution < 1.29 is 46.4 Å². The van der Waals surface area contributed by atoms with Gasteiger partial charge in [-0.25, -0.2) is 16.8 Å². The predicted molar refractivity (Wildman–Crippen MR) is 50.8 cm³/mol. The molecule has 0 rings (SSSR count). The van der Waals surface area contributed by atoms with Gasteiger partial charge in [-0.05, 0) is 0 Å². The number of aliphatic hydroxyl groups is 4. The van der Waals surface area contributed by atoms with E-state index in [1.807, 2.05) is 0 Å². The van der Waals surface area contributed by atoms with Gasteiger partial charge in [0.05, 0.1) is 0 Å². The van der Waals surface area contributed by atoms with Crippen molar-refractivity contribution in [3.63, 3.8) is 0 Å². The van der Waals surface area contributed by atoms with Crippen LogP contribution in [0.2, 0.25) is 0 Å². The third-order valence-electron chi connectivity index (χ3n) is 0.947. The van der Waals surface area contributed by atoms with Gasteiger partial charge in [0.2, 0.25) is 0 Å². The number of hydrogen-bond donors (Lipinski definition) is 4. The van der Waals surface area contributed by atoms with Crippen LogP contribution in [0.1, 0.15) is 13.8 Å². The molecule has 0 heterocycles. The topological polar surface area (TPSA) is 195 Å². The number of rotatable bonds is 2. The Bertz CT molecular complexity index is 366. The first-order chi connectivity index (χ1) is 6.50. The summed E-state index contributed by atoms with van der Waals surface area (Å²) >= 11 is 0. The van der Waals surface area contributed by atoms with Crippen molar-refractivity contribution in [1.82, 2.24) is 0 Å². The molecule has 0 spiro atoms. The average Bonchev–Trinajstić information content (AvgIpc) is 1.77. The first-order valence-corrected chi connectivity index (χ1v) is 6.12. The van der Waals surface area contributed by atoms with Crippen LogP contribution in [-0.4, -0.2) is 79.7 Å². The van der Waals surface area contributed by atoms with E-state index >= 15 is 0 Å². The van der Waals surface area contributed by atoms with Gasteiger partial charge in [-0.1, -0.05) is 0 Å². The van der Waals surface area contributed by atoms with Crippen LogP contribution in [0.5, 0.6) is 0 Å². The van der Waals surface area contributed by atoms with Crippen molar-refractivity contribution in [2.45, 2.75) is 24.1 Å². The minimum absolute atomic E-state index is 0. The Morgan fingerprint density at radius 1 is 0.765 bits per heavy atom. The smallest absolute Gasteiger partial charge is 0.744 e. The second kappa shape index (κ2) is 6.55. The molecule has 0 bridgehead atoms. The van der Waals surface area contributed by atoms with Gasteiger partial charge < -0.3 is 29.5 Å². The van der Waals surface area contributed by atoms with Crippen LogP contribution in [0.4, 0.5) is 0 Å². The molecule has 4 N–H and O–H groups in total. The van der Waals surface area contributed by atoms with Gasteiger partial charge in [0.1, 0.15) is 0 Å². The van der Waals surface area contributed by atoms with Crippen molar-refractivity contribution in [3.05, 3.63) is 0 Å². The molecule has 0 aromatic rings. The van der Waals surface area contributed by atoms with Crippen LogP contribution in [0.15, 0.2) is 0 Å². The summed E-state index contributed by atoms with van der Waals surface area (Å²) in [6.45, 7) is 0.963. The molecule has 10 nitrogen and oxygen atoms in total. The zero-order chi connectivity index (χ0) is 14.0. The maximum absolute atomic E-state index is 9.60. The second-order valence-corrected chi connectivity index (χ2v) is 6.14. The predicted octanol–water partition coefficient (Wildman–Crippen LogP) is -4.00. The van der Waals surface area contributed by atoms with Gasteiger partial charge in [-0.2, -0.15) is 0 Å². The summed E-state index contributed by atoms with van der Waals surface area (Å²) in [4.78, 5) is 0. The van der Waals surface area contributed by atoms with Crippen LogP contribution in [-0.2, 0) is 20.2 Å². The van der Waals surface area contributed by atoms with Crippen molar-refractivity contribution in [2.75, 3.05) is 0 Å². The zero-order valence-electron chi connectivity index (χ0n) is 8.76. The summed E-state index contributed by atoms with van der Waals surface area (Å²) in [5, 5.41) is 25.7. The van der Waals surface area contributed by atoms with Crippen LogP contribution in [0.3, 0.4) is 0 Å². The molecule has 100 valence electrons. The molecule has 0 aromatic heterocycles. The summed E-state index contributed by atoms with van der Waals surface area (Å²) in [5.74, 6) is 0. The normalized spacial score (nSPS) is 13.2. The Morgan fingerprint density at radius 2 is 0.824 bits per heavy atom. The Hall–Kier alpha value is 0.426.